The Bertz CT molecular complexity index is 472. The van der Waals surface area contributed by atoms with Gasteiger partial charge in [-0.25, -0.2) is 0 Å². The summed E-state index contributed by atoms with van der Waals surface area (Å²) in [6.07, 6.45) is 4.49. The Morgan fingerprint density at radius 1 is 1.41 bits per heavy atom. The highest BCUT2D eigenvalue weighted by molar-refractivity contribution is 5.01. The molecular weight excluding hydrogens is 216 g/mol. The van der Waals surface area contributed by atoms with Crippen LogP contribution in [0.5, 0.6) is 0 Å². The van der Waals surface area contributed by atoms with Gasteiger partial charge in [-0.1, -0.05) is 0 Å². The van der Waals surface area contributed by atoms with E-state index in [2.05, 4.69) is 27.5 Å². The summed E-state index contributed by atoms with van der Waals surface area (Å²) in [6, 6.07) is 2.24. The minimum atomic E-state index is 0.204. The number of aromatic nitrogens is 5. The zero-order valence-corrected chi connectivity index (χ0v) is 10.5. The van der Waals surface area contributed by atoms with Crippen molar-refractivity contribution in [3.8, 4) is 0 Å². The average Bonchev–Trinajstić information content (AvgIpc) is 2.88. The van der Waals surface area contributed by atoms with Crippen molar-refractivity contribution in [2.45, 2.75) is 19.4 Å². The number of hydrogen-bond donors (Lipinski definition) is 1. The molecule has 0 aliphatic rings. The smallest absolute Gasteiger partial charge is 0.149 e. The molecule has 0 aliphatic carbocycles. The average molecular weight is 234 g/mol. The molecule has 92 valence electrons. The summed E-state index contributed by atoms with van der Waals surface area (Å²) in [5.41, 5.74) is 1.22. The third kappa shape index (κ3) is 2.71. The third-order valence-electron chi connectivity index (χ3n) is 2.89. The predicted octanol–water partition coefficient (Wildman–Crippen LogP) is 0.442. The highest BCUT2D eigenvalue weighted by Crippen LogP contribution is 2.07. The minimum absolute atomic E-state index is 0.204. The maximum Gasteiger partial charge on any atom is 0.149 e. The van der Waals surface area contributed by atoms with E-state index in [1.54, 1.807) is 6.33 Å². The van der Waals surface area contributed by atoms with Gasteiger partial charge in [0.1, 0.15) is 12.2 Å². The first-order chi connectivity index (χ1) is 8.18. The molecule has 0 amide bonds. The van der Waals surface area contributed by atoms with Crippen LogP contribution < -0.4 is 5.32 Å². The van der Waals surface area contributed by atoms with E-state index in [1.807, 2.05) is 35.6 Å². The Hall–Kier alpha value is -1.69. The fraction of sp³-hybridized carbons (Fsp3) is 0.545. The number of nitrogens with one attached hydrogen (secondary N) is 1. The van der Waals surface area contributed by atoms with Crippen molar-refractivity contribution in [1.82, 2.24) is 29.9 Å². The zero-order valence-electron chi connectivity index (χ0n) is 10.5. The topological polar surface area (TPSA) is 60.6 Å². The van der Waals surface area contributed by atoms with Gasteiger partial charge in [0.25, 0.3) is 0 Å². The lowest BCUT2D eigenvalue weighted by Crippen LogP contribution is -2.24. The molecule has 17 heavy (non-hydrogen) atoms. The maximum atomic E-state index is 4.14. The van der Waals surface area contributed by atoms with Crippen molar-refractivity contribution in [2.24, 2.45) is 14.1 Å². The van der Waals surface area contributed by atoms with Gasteiger partial charge >= 0.3 is 0 Å². The van der Waals surface area contributed by atoms with Gasteiger partial charge in [-0.3, -0.25) is 4.68 Å². The van der Waals surface area contributed by atoms with Gasteiger partial charge in [0, 0.05) is 39.0 Å². The number of aryl methyl sites for hydroxylation is 2. The van der Waals surface area contributed by atoms with Crippen molar-refractivity contribution < 1.29 is 0 Å². The molecule has 0 bridgehead atoms. The molecule has 1 atom stereocenters. The molecule has 0 saturated carbocycles. The Morgan fingerprint density at radius 2 is 2.24 bits per heavy atom. The van der Waals surface area contributed by atoms with E-state index >= 15 is 0 Å². The van der Waals surface area contributed by atoms with Crippen LogP contribution in [0.2, 0.25) is 0 Å². The lowest BCUT2D eigenvalue weighted by molar-refractivity contribution is 0.524. The summed E-state index contributed by atoms with van der Waals surface area (Å²) >= 11 is 0. The first-order valence-corrected chi connectivity index (χ1v) is 5.72. The molecule has 0 saturated heterocycles. The van der Waals surface area contributed by atoms with Gasteiger partial charge < -0.3 is 9.88 Å². The molecule has 0 radical (unpaired) electrons. The summed E-state index contributed by atoms with van der Waals surface area (Å²) in [4.78, 5) is 0. The molecule has 0 spiro atoms. The summed E-state index contributed by atoms with van der Waals surface area (Å²) in [5, 5.41) is 15.5. The van der Waals surface area contributed by atoms with Gasteiger partial charge in [-0.2, -0.15) is 5.10 Å². The van der Waals surface area contributed by atoms with E-state index in [9.17, 15) is 0 Å². The molecule has 2 aromatic heterocycles. The van der Waals surface area contributed by atoms with Crippen LogP contribution >= 0.6 is 0 Å². The van der Waals surface area contributed by atoms with Gasteiger partial charge in [0.05, 0.1) is 6.04 Å². The molecule has 0 fully saturated rings. The van der Waals surface area contributed by atoms with E-state index in [1.165, 1.54) is 5.69 Å². The monoisotopic (exact) mass is 234 g/mol. The molecule has 1 unspecified atom stereocenters. The van der Waals surface area contributed by atoms with Crippen molar-refractivity contribution in [1.29, 1.82) is 0 Å². The van der Waals surface area contributed by atoms with E-state index in [0.717, 1.165) is 18.8 Å². The van der Waals surface area contributed by atoms with Gasteiger partial charge in [0.2, 0.25) is 0 Å². The van der Waals surface area contributed by atoms with Crippen LogP contribution in [0.3, 0.4) is 0 Å². The summed E-state index contributed by atoms with van der Waals surface area (Å²) in [5.74, 6) is 0.954. The first kappa shape index (κ1) is 11.8. The lowest BCUT2D eigenvalue weighted by Gasteiger charge is -2.12. The van der Waals surface area contributed by atoms with Crippen LogP contribution in [0.25, 0.3) is 0 Å². The number of hydrogen-bond acceptors (Lipinski definition) is 4. The van der Waals surface area contributed by atoms with E-state index < -0.39 is 0 Å². The van der Waals surface area contributed by atoms with E-state index in [4.69, 9.17) is 0 Å². The zero-order chi connectivity index (χ0) is 12.3. The normalized spacial score (nSPS) is 12.9. The minimum Gasteiger partial charge on any atom is -0.319 e. The molecular formula is C11H18N6. The summed E-state index contributed by atoms with van der Waals surface area (Å²) in [6.45, 7) is 2.99. The second-order valence-corrected chi connectivity index (χ2v) is 4.17. The lowest BCUT2D eigenvalue weighted by atomic mass is 10.2. The molecule has 2 rings (SSSR count). The fourth-order valence-electron chi connectivity index (χ4n) is 1.84. The largest absolute Gasteiger partial charge is 0.319 e. The summed E-state index contributed by atoms with van der Waals surface area (Å²) in [7, 11) is 3.91. The highest BCUT2D eigenvalue weighted by atomic mass is 15.3. The summed E-state index contributed by atoms with van der Waals surface area (Å²) < 4.78 is 3.83. The fourth-order valence-corrected chi connectivity index (χ4v) is 1.84. The maximum absolute atomic E-state index is 4.14. The van der Waals surface area contributed by atoms with Crippen LogP contribution in [0, 0.1) is 0 Å². The van der Waals surface area contributed by atoms with Crippen molar-refractivity contribution in [2.75, 3.05) is 6.54 Å². The standard InChI is InChI=1S/C11H18N6/c1-9(11-15-13-8-16(11)2)12-6-4-10-5-7-14-17(10)3/h5,7-9,12H,4,6H2,1-3H3. The van der Waals surface area contributed by atoms with E-state index in [-0.39, 0.29) is 6.04 Å². The van der Waals surface area contributed by atoms with Crippen LogP contribution in [0.4, 0.5) is 0 Å². The van der Waals surface area contributed by atoms with Gasteiger partial charge in [-0.15, -0.1) is 10.2 Å². The molecule has 6 nitrogen and oxygen atoms in total. The SMILES string of the molecule is CC(NCCc1ccnn1C)c1nncn1C. The second-order valence-electron chi connectivity index (χ2n) is 4.17. The van der Waals surface area contributed by atoms with Crippen molar-refractivity contribution in [3.05, 3.63) is 30.1 Å². The van der Waals surface area contributed by atoms with Crippen molar-refractivity contribution >= 4 is 0 Å². The molecule has 1 N–H and O–H groups in total. The van der Waals surface area contributed by atoms with Gasteiger partial charge in [0.15, 0.2) is 0 Å². The number of nitrogens with zero attached hydrogens (tertiary/aromatic N) is 5. The van der Waals surface area contributed by atoms with Crippen LogP contribution in [0.1, 0.15) is 24.5 Å². The first-order valence-electron chi connectivity index (χ1n) is 5.72. The predicted molar refractivity (Wildman–Crippen MR) is 64.3 cm³/mol. The van der Waals surface area contributed by atoms with Crippen molar-refractivity contribution in [3.63, 3.8) is 0 Å². The molecule has 0 aromatic carbocycles. The second kappa shape index (κ2) is 5.09. The Morgan fingerprint density at radius 3 is 2.82 bits per heavy atom. The molecule has 2 aromatic rings. The quantitative estimate of drug-likeness (QED) is 0.815. The molecule has 2 heterocycles. The highest BCUT2D eigenvalue weighted by Gasteiger charge is 2.10. The number of rotatable bonds is 5. The molecule has 6 heteroatoms. The molecule has 0 aliphatic heterocycles. The Labute approximate surface area is 101 Å². The van der Waals surface area contributed by atoms with Gasteiger partial charge in [-0.05, 0) is 13.0 Å². The Balaban J connectivity index is 1.83. The van der Waals surface area contributed by atoms with E-state index in [0.29, 0.717) is 0 Å². The van der Waals surface area contributed by atoms with Crippen LogP contribution in [-0.4, -0.2) is 31.1 Å². The van der Waals surface area contributed by atoms with Crippen LogP contribution in [0.15, 0.2) is 18.6 Å². The Kier molecular flexibility index (Phi) is 3.53. The van der Waals surface area contributed by atoms with Crippen LogP contribution in [-0.2, 0) is 20.5 Å². The third-order valence-corrected chi connectivity index (χ3v) is 2.89.